The number of carbonyl (C=O) groups excluding carboxylic acids is 4. The molecule has 2 aromatic carbocycles. The molecule has 2 aliphatic heterocycles. The Balaban J connectivity index is 1.36. The third-order valence-electron chi connectivity index (χ3n) is 5.40. The quantitative estimate of drug-likeness (QED) is 0.173. The average Bonchev–Trinajstić information content (AvgIpc) is 2.85. The van der Waals surface area contributed by atoms with Gasteiger partial charge in [0.05, 0.1) is 21.5 Å². The SMILES string of the molecule is O=C(COc1ccccc1)N[C@@H]1C(=O)N2[C@@H](C(=O)OCc3ccc([N+](=O)[O-])cc3)C(=O)C[S@@](=O)[C@H]12. The van der Waals surface area contributed by atoms with Crippen molar-refractivity contribution in [2.75, 3.05) is 12.4 Å². The second-order valence-electron chi connectivity index (χ2n) is 7.71. The lowest BCUT2D eigenvalue weighted by atomic mass is 10.0. The summed E-state index contributed by atoms with van der Waals surface area (Å²) in [4.78, 5) is 61.0. The first-order valence-corrected chi connectivity index (χ1v) is 11.7. The Morgan fingerprint density at radius 1 is 1.11 bits per heavy atom. The zero-order valence-electron chi connectivity index (χ0n) is 18.0. The van der Waals surface area contributed by atoms with Gasteiger partial charge in [-0.15, -0.1) is 0 Å². The number of Topliss-reactive ketones (excluding diaryl/α,β-unsaturated/α-hetero) is 1. The first-order chi connectivity index (χ1) is 16.8. The number of nitro benzene ring substituents is 1. The number of fused-ring (bicyclic) bond motifs is 1. The number of nitrogens with zero attached hydrogens (tertiary/aromatic N) is 2. The van der Waals surface area contributed by atoms with Crippen LogP contribution in [-0.2, 0) is 41.3 Å². The van der Waals surface area contributed by atoms with Crippen LogP contribution in [0.5, 0.6) is 5.75 Å². The maximum atomic E-state index is 12.7. The fraction of sp³-hybridized carbons (Fsp3) is 0.273. The summed E-state index contributed by atoms with van der Waals surface area (Å²) in [5.41, 5.74) is 0.298. The molecule has 2 amide bonds. The Morgan fingerprint density at radius 2 is 1.80 bits per heavy atom. The Bertz CT molecular complexity index is 1200. The molecule has 2 heterocycles. The normalized spacial score (nSPS) is 23.0. The van der Waals surface area contributed by atoms with Gasteiger partial charge in [-0.2, -0.15) is 0 Å². The van der Waals surface area contributed by atoms with E-state index in [1.807, 2.05) is 0 Å². The summed E-state index contributed by atoms with van der Waals surface area (Å²) in [6, 6.07) is 11.0. The number of para-hydroxylation sites is 1. The van der Waals surface area contributed by atoms with Crippen molar-refractivity contribution in [3.05, 3.63) is 70.3 Å². The molecule has 35 heavy (non-hydrogen) atoms. The van der Waals surface area contributed by atoms with Gasteiger partial charge in [-0.05, 0) is 29.8 Å². The van der Waals surface area contributed by atoms with Gasteiger partial charge >= 0.3 is 5.97 Å². The van der Waals surface area contributed by atoms with Crippen molar-refractivity contribution in [3.63, 3.8) is 0 Å². The third-order valence-corrected chi connectivity index (χ3v) is 7.01. The van der Waals surface area contributed by atoms with E-state index in [0.717, 1.165) is 4.90 Å². The highest BCUT2D eigenvalue weighted by Crippen LogP contribution is 2.31. The Kier molecular flexibility index (Phi) is 6.87. The van der Waals surface area contributed by atoms with Crippen LogP contribution in [0.2, 0.25) is 0 Å². The summed E-state index contributed by atoms with van der Waals surface area (Å²) in [6.07, 6.45) is 0. The summed E-state index contributed by atoms with van der Waals surface area (Å²) >= 11 is 0. The number of ketones is 1. The van der Waals surface area contributed by atoms with Gasteiger partial charge in [-0.25, -0.2) is 4.79 Å². The topological polar surface area (TPSA) is 162 Å². The minimum atomic E-state index is -1.82. The Labute approximate surface area is 200 Å². The number of rotatable bonds is 8. The van der Waals surface area contributed by atoms with Gasteiger partial charge in [0, 0.05) is 12.1 Å². The molecular weight excluding hydrogens is 482 g/mol. The molecule has 0 unspecified atom stereocenters. The van der Waals surface area contributed by atoms with Gasteiger partial charge in [0.15, 0.2) is 18.4 Å². The van der Waals surface area contributed by atoms with Crippen molar-refractivity contribution >= 4 is 40.1 Å². The highest BCUT2D eigenvalue weighted by Gasteiger charge is 2.61. The Hall–Kier alpha value is -4.13. The second kappa shape index (κ2) is 10.0. The van der Waals surface area contributed by atoms with Crippen LogP contribution in [0.15, 0.2) is 54.6 Å². The number of non-ortho nitro benzene ring substituents is 1. The fourth-order valence-electron chi connectivity index (χ4n) is 3.70. The van der Waals surface area contributed by atoms with Crippen LogP contribution in [0, 0.1) is 10.1 Å². The van der Waals surface area contributed by atoms with Crippen LogP contribution in [0.25, 0.3) is 0 Å². The van der Waals surface area contributed by atoms with Gasteiger partial charge in [-0.3, -0.25) is 28.7 Å². The molecule has 0 bridgehead atoms. The fourth-order valence-corrected chi connectivity index (χ4v) is 5.28. The summed E-state index contributed by atoms with van der Waals surface area (Å²) in [6.45, 7) is -0.666. The number of nitrogens with one attached hydrogen (secondary N) is 1. The van der Waals surface area contributed by atoms with Crippen molar-refractivity contribution in [1.82, 2.24) is 10.2 Å². The first-order valence-electron chi connectivity index (χ1n) is 10.4. The summed E-state index contributed by atoms with van der Waals surface area (Å²) < 4.78 is 23.0. The third kappa shape index (κ3) is 5.04. The van der Waals surface area contributed by atoms with Gasteiger partial charge < -0.3 is 19.7 Å². The zero-order valence-corrected chi connectivity index (χ0v) is 18.8. The molecule has 2 aliphatic rings. The molecular formula is C22H19N3O9S. The number of esters is 1. The molecule has 13 heteroatoms. The standard InChI is InChI=1S/C22H19N3O9S/c26-16-12-35(32)21-18(23-17(27)11-33-15-4-2-1-3-5-15)20(28)24(21)19(16)22(29)34-10-13-6-8-14(9-7-13)25(30)31/h1-9,18-19,21H,10-12H2,(H,23,27)/t18-,19-,21-,35-/m1/s1. The van der Waals surface area contributed by atoms with E-state index in [9.17, 15) is 33.5 Å². The number of ether oxygens (including phenoxy) is 2. The molecule has 0 aromatic heterocycles. The van der Waals surface area contributed by atoms with E-state index >= 15 is 0 Å². The van der Waals surface area contributed by atoms with E-state index in [0.29, 0.717) is 11.3 Å². The maximum Gasteiger partial charge on any atom is 0.337 e. The number of carbonyl (C=O) groups is 4. The highest BCUT2D eigenvalue weighted by atomic mass is 32.2. The van der Waals surface area contributed by atoms with Crippen molar-refractivity contribution < 1.29 is 37.8 Å². The van der Waals surface area contributed by atoms with Gasteiger partial charge in [0.25, 0.3) is 11.6 Å². The van der Waals surface area contributed by atoms with Crippen LogP contribution >= 0.6 is 0 Å². The number of hydrogen-bond acceptors (Lipinski definition) is 9. The van der Waals surface area contributed by atoms with E-state index in [1.54, 1.807) is 30.3 Å². The maximum absolute atomic E-state index is 12.7. The number of β-lactam (4-membered cyclic amide) rings is 1. The predicted molar refractivity (Wildman–Crippen MR) is 119 cm³/mol. The molecule has 4 rings (SSSR count). The highest BCUT2D eigenvalue weighted by molar-refractivity contribution is 7.86. The zero-order chi connectivity index (χ0) is 25.1. The molecule has 2 saturated heterocycles. The van der Waals surface area contributed by atoms with Crippen molar-refractivity contribution in [2.45, 2.75) is 24.1 Å². The lowest BCUT2D eigenvalue weighted by molar-refractivity contribution is -0.384. The molecule has 0 radical (unpaired) electrons. The lowest BCUT2D eigenvalue weighted by Gasteiger charge is -2.50. The molecule has 182 valence electrons. The van der Waals surface area contributed by atoms with Crippen LogP contribution in [-0.4, -0.2) is 67.4 Å². The predicted octanol–water partition coefficient (Wildman–Crippen LogP) is 0.0701. The molecule has 2 aromatic rings. The lowest BCUT2D eigenvalue weighted by Crippen LogP contribution is -2.79. The molecule has 2 fully saturated rings. The molecule has 4 atom stereocenters. The number of hydrogen-bond donors (Lipinski definition) is 1. The summed E-state index contributed by atoms with van der Waals surface area (Å²) in [5, 5.41) is 12.1. The van der Waals surface area contributed by atoms with E-state index in [2.05, 4.69) is 5.32 Å². The number of benzene rings is 2. The van der Waals surface area contributed by atoms with E-state index in [4.69, 9.17) is 9.47 Å². The molecule has 0 aliphatic carbocycles. The van der Waals surface area contributed by atoms with E-state index in [-0.39, 0.29) is 18.9 Å². The van der Waals surface area contributed by atoms with Crippen LogP contribution in [0.4, 0.5) is 5.69 Å². The van der Waals surface area contributed by atoms with Crippen LogP contribution < -0.4 is 10.1 Å². The molecule has 12 nitrogen and oxygen atoms in total. The minimum Gasteiger partial charge on any atom is -0.484 e. The van der Waals surface area contributed by atoms with Crippen LogP contribution in [0.1, 0.15) is 5.56 Å². The molecule has 0 spiro atoms. The summed E-state index contributed by atoms with van der Waals surface area (Å²) in [7, 11) is -1.82. The number of amides is 2. The van der Waals surface area contributed by atoms with Gasteiger partial charge in [0.1, 0.15) is 23.8 Å². The minimum absolute atomic E-state index is 0.138. The van der Waals surface area contributed by atoms with Gasteiger partial charge in [-0.1, -0.05) is 18.2 Å². The second-order valence-corrected chi connectivity index (χ2v) is 9.24. The monoisotopic (exact) mass is 501 g/mol. The smallest absolute Gasteiger partial charge is 0.337 e. The average molecular weight is 501 g/mol. The Morgan fingerprint density at radius 3 is 2.46 bits per heavy atom. The molecule has 0 saturated carbocycles. The first kappa shape index (κ1) is 24.0. The van der Waals surface area contributed by atoms with Crippen LogP contribution in [0.3, 0.4) is 0 Å². The largest absolute Gasteiger partial charge is 0.484 e. The van der Waals surface area contributed by atoms with Gasteiger partial charge in [0.2, 0.25) is 5.91 Å². The summed E-state index contributed by atoms with van der Waals surface area (Å²) in [5.74, 6) is -3.13. The van der Waals surface area contributed by atoms with E-state index in [1.165, 1.54) is 24.3 Å². The van der Waals surface area contributed by atoms with Crippen molar-refractivity contribution in [1.29, 1.82) is 0 Å². The van der Waals surface area contributed by atoms with Crippen molar-refractivity contribution in [2.24, 2.45) is 0 Å². The molecule has 1 N–H and O–H groups in total. The van der Waals surface area contributed by atoms with Crippen molar-refractivity contribution in [3.8, 4) is 5.75 Å². The van der Waals surface area contributed by atoms with E-state index < -0.39 is 62.5 Å². The number of nitro groups is 1.